The van der Waals surface area contributed by atoms with Gasteiger partial charge in [0.2, 0.25) is 0 Å². The van der Waals surface area contributed by atoms with Gasteiger partial charge in [-0.1, -0.05) is 42.5 Å². The molecule has 38 heavy (non-hydrogen) atoms. The Morgan fingerprint density at radius 2 is 1.74 bits per heavy atom. The maximum absolute atomic E-state index is 14.3. The zero-order valence-electron chi connectivity index (χ0n) is 20.3. The van der Waals surface area contributed by atoms with Gasteiger partial charge in [-0.05, 0) is 42.5 Å². The normalized spacial score (nSPS) is 19.1. The van der Waals surface area contributed by atoms with Gasteiger partial charge in [-0.2, -0.15) is 0 Å². The molecule has 2 unspecified atom stereocenters. The Kier molecular flexibility index (Phi) is 6.59. The van der Waals surface area contributed by atoms with E-state index < -0.39 is 28.4 Å². The van der Waals surface area contributed by atoms with Crippen LogP contribution in [0.5, 0.6) is 0 Å². The van der Waals surface area contributed by atoms with Crippen molar-refractivity contribution in [3.8, 4) is 0 Å². The highest BCUT2D eigenvalue weighted by Crippen LogP contribution is 2.46. The van der Waals surface area contributed by atoms with Crippen molar-refractivity contribution < 1.29 is 23.3 Å². The number of rotatable bonds is 5. The van der Waals surface area contributed by atoms with Crippen LogP contribution in [0.4, 0.5) is 20.2 Å². The van der Waals surface area contributed by atoms with E-state index in [0.717, 1.165) is 17.7 Å². The molecule has 0 radical (unpaired) electrons. The fraction of sp³-hybridized carbons (Fsp3) is 0.172. The lowest BCUT2D eigenvalue weighted by Crippen LogP contribution is -2.37. The summed E-state index contributed by atoms with van der Waals surface area (Å²) < 4.78 is 27.7. The Morgan fingerprint density at radius 3 is 2.45 bits per heavy atom. The van der Waals surface area contributed by atoms with Crippen LogP contribution in [-0.2, 0) is 9.59 Å². The van der Waals surface area contributed by atoms with Gasteiger partial charge in [0, 0.05) is 53.1 Å². The third-order valence-corrected chi connectivity index (χ3v) is 6.94. The second-order valence-corrected chi connectivity index (χ2v) is 9.36. The maximum Gasteiger partial charge on any atom is 0.269 e. The van der Waals surface area contributed by atoms with Gasteiger partial charge < -0.3 is 10.6 Å². The number of nitrogens with zero attached hydrogens (tertiary/aromatic N) is 1. The first-order chi connectivity index (χ1) is 18.2. The minimum absolute atomic E-state index is 0.0720. The predicted molar refractivity (Wildman–Crippen MR) is 137 cm³/mol. The number of Topliss-reactive ketones (excluding diaryl/α,β-unsaturated/α-hetero) is 1. The Morgan fingerprint density at radius 1 is 1.00 bits per heavy atom. The first kappa shape index (κ1) is 25.0. The molecule has 0 bridgehead atoms. The molecule has 7 nitrogen and oxygen atoms in total. The van der Waals surface area contributed by atoms with E-state index in [1.165, 1.54) is 18.2 Å². The molecule has 1 aliphatic carbocycles. The average Bonchev–Trinajstić information content (AvgIpc) is 2.89. The van der Waals surface area contributed by atoms with Gasteiger partial charge >= 0.3 is 0 Å². The molecule has 3 aromatic carbocycles. The number of dihydropyridines is 1. The lowest BCUT2D eigenvalue weighted by Gasteiger charge is -2.37. The van der Waals surface area contributed by atoms with Gasteiger partial charge in [-0.15, -0.1) is 0 Å². The van der Waals surface area contributed by atoms with Crippen LogP contribution in [-0.4, -0.2) is 16.6 Å². The highest BCUT2D eigenvalue weighted by atomic mass is 19.1. The molecule has 5 rings (SSSR count). The quantitative estimate of drug-likeness (QED) is 0.327. The summed E-state index contributed by atoms with van der Waals surface area (Å²) in [5.41, 5.74) is 2.55. The molecule has 0 fully saturated rings. The first-order valence-electron chi connectivity index (χ1n) is 12.0. The van der Waals surface area contributed by atoms with E-state index in [0.29, 0.717) is 35.0 Å². The third kappa shape index (κ3) is 4.70. The number of amides is 1. The van der Waals surface area contributed by atoms with Crippen LogP contribution in [0.3, 0.4) is 0 Å². The van der Waals surface area contributed by atoms with Crippen molar-refractivity contribution in [2.75, 3.05) is 5.32 Å². The predicted octanol–water partition coefficient (Wildman–Crippen LogP) is 5.87. The van der Waals surface area contributed by atoms with Crippen molar-refractivity contribution in [2.45, 2.75) is 31.6 Å². The Hall–Kier alpha value is -4.66. The number of ketones is 1. The number of carbonyl (C=O) groups excluding carboxylic acids is 2. The van der Waals surface area contributed by atoms with Crippen molar-refractivity contribution in [1.29, 1.82) is 0 Å². The van der Waals surface area contributed by atoms with Crippen LogP contribution >= 0.6 is 0 Å². The summed E-state index contributed by atoms with van der Waals surface area (Å²) >= 11 is 0. The number of allylic oxidation sites excluding steroid dienone is 3. The number of halogens is 2. The fourth-order valence-electron chi connectivity index (χ4n) is 5.23. The molecule has 0 aromatic heterocycles. The average molecular weight is 516 g/mol. The number of nitro benzene ring substituents is 1. The van der Waals surface area contributed by atoms with Crippen LogP contribution in [0.15, 0.2) is 95.3 Å². The number of nitrogens with one attached hydrogen (secondary N) is 2. The standard InChI is InChI=1S/C29H23F2N3O4/c1-16-26(29(36)33-23-11-10-20(30)15-22(23)31)27(18-8-5-9-21(12-18)34(37)38)28-24(32-16)13-19(14-25(28)35)17-6-3-2-4-7-17/h2-12,15,19,27,32H,13-14H2,1H3,(H,33,36). The van der Waals surface area contributed by atoms with Crippen LogP contribution in [0.1, 0.15) is 42.7 Å². The van der Waals surface area contributed by atoms with Crippen molar-refractivity contribution in [3.63, 3.8) is 0 Å². The third-order valence-electron chi connectivity index (χ3n) is 6.94. The van der Waals surface area contributed by atoms with E-state index in [-0.39, 0.29) is 35.1 Å². The van der Waals surface area contributed by atoms with Crippen molar-refractivity contribution >= 4 is 23.1 Å². The number of non-ortho nitro benzene ring substituents is 1. The van der Waals surface area contributed by atoms with E-state index in [1.54, 1.807) is 13.0 Å². The second kappa shape index (κ2) is 10.0. The molecule has 2 N–H and O–H groups in total. The number of nitro groups is 1. The van der Waals surface area contributed by atoms with Crippen molar-refractivity contribution in [3.05, 3.63) is 128 Å². The first-order valence-corrected chi connectivity index (χ1v) is 12.0. The van der Waals surface area contributed by atoms with E-state index in [1.807, 2.05) is 30.3 Å². The maximum atomic E-state index is 14.3. The van der Waals surface area contributed by atoms with Gasteiger partial charge in [0.1, 0.15) is 11.6 Å². The van der Waals surface area contributed by atoms with Gasteiger partial charge in [0.05, 0.1) is 10.6 Å². The lowest BCUT2D eigenvalue weighted by atomic mass is 9.71. The number of hydrogen-bond acceptors (Lipinski definition) is 5. The molecule has 192 valence electrons. The summed E-state index contributed by atoms with van der Waals surface area (Å²) in [6.45, 7) is 1.67. The van der Waals surface area contributed by atoms with Gasteiger partial charge in [-0.3, -0.25) is 19.7 Å². The number of benzene rings is 3. The van der Waals surface area contributed by atoms with Crippen LogP contribution in [0.2, 0.25) is 0 Å². The number of hydrogen-bond donors (Lipinski definition) is 2. The zero-order chi connectivity index (χ0) is 27.0. The molecule has 9 heteroatoms. The Balaban J connectivity index is 1.60. The summed E-state index contributed by atoms with van der Waals surface area (Å²) in [4.78, 5) is 38.2. The van der Waals surface area contributed by atoms with Crippen LogP contribution in [0.25, 0.3) is 0 Å². The van der Waals surface area contributed by atoms with Gasteiger partial charge in [-0.25, -0.2) is 8.78 Å². The summed E-state index contributed by atoms with van der Waals surface area (Å²) in [5, 5.41) is 17.2. The fourth-order valence-corrected chi connectivity index (χ4v) is 5.23. The largest absolute Gasteiger partial charge is 0.362 e. The van der Waals surface area contributed by atoms with Crippen LogP contribution in [0, 0.1) is 21.7 Å². The van der Waals surface area contributed by atoms with Gasteiger partial charge in [0.25, 0.3) is 11.6 Å². The lowest BCUT2D eigenvalue weighted by molar-refractivity contribution is -0.384. The van der Waals surface area contributed by atoms with E-state index in [2.05, 4.69) is 10.6 Å². The Bertz CT molecular complexity index is 1530. The highest BCUT2D eigenvalue weighted by molar-refractivity contribution is 6.10. The van der Waals surface area contributed by atoms with Crippen LogP contribution < -0.4 is 10.6 Å². The van der Waals surface area contributed by atoms with E-state index in [4.69, 9.17) is 0 Å². The summed E-state index contributed by atoms with van der Waals surface area (Å²) in [6, 6.07) is 18.2. The molecule has 2 aliphatic rings. The second-order valence-electron chi connectivity index (χ2n) is 9.36. The van der Waals surface area contributed by atoms with Crippen molar-refractivity contribution in [1.82, 2.24) is 5.32 Å². The summed E-state index contributed by atoms with van der Waals surface area (Å²) in [5.74, 6) is -3.63. The number of anilines is 1. The molecule has 1 amide bonds. The van der Waals surface area contributed by atoms with Crippen molar-refractivity contribution in [2.24, 2.45) is 0 Å². The topological polar surface area (TPSA) is 101 Å². The molecule has 0 spiro atoms. The van der Waals surface area contributed by atoms with E-state index >= 15 is 0 Å². The SMILES string of the molecule is CC1=C(C(=O)Nc2ccc(F)cc2F)C(c2cccc([N+](=O)[O-])c2)C2=C(CC(c3ccccc3)CC2=O)N1. The van der Waals surface area contributed by atoms with E-state index in [9.17, 15) is 28.5 Å². The molecule has 1 aliphatic heterocycles. The molecule has 0 saturated carbocycles. The number of carbonyl (C=O) groups is 2. The summed E-state index contributed by atoms with van der Waals surface area (Å²) in [6.07, 6.45) is 0.714. The van der Waals surface area contributed by atoms with Gasteiger partial charge in [0.15, 0.2) is 5.78 Å². The molecule has 0 saturated heterocycles. The smallest absolute Gasteiger partial charge is 0.269 e. The minimum atomic E-state index is -0.952. The molecule has 2 atom stereocenters. The highest BCUT2D eigenvalue weighted by Gasteiger charge is 2.41. The zero-order valence-corrected chi connectivity index (χ0v) is 20.3. The monoisotopic (exact) mass is 515 g/mol. The molecular weight excluding hydrogens is 492 g/mol. The summed E-state index contributed by atoms with van der Waals surface area (Å²) in [7, 11) is 0. The minimum Gasteiger partial charge on any atom is -0.362 e. The molecular formula is C29H23F2N3O4. The molecule has 1 heterocycles. The Labute approximate surface area is 217 Å². The molecule has 3 aromatic rings.